The summed E-state index contributed by atoms with van der Waals surface area (Å²) >= 11 is 3.36. The van der Waals surface area contributed by atoms with E-state index in [2.05, 4.69) is 21.2 Å². The van der Waals surface area contributed by atoms with E-state index in [1.54, 1.807) is 48.5 Å². The van der Waals surface area contributed by atoms with E-state index in [0.717, 1.165) is 25.5 Å². The fourth-order valence-corrected chi connectivity index (χ4v) is 4.64. The molecule has 30 heavy (non-hydrogen) atoms. The molecule has 0 bridgehead atoms. The summed E-state index contributed by atoms with van der Waals surface area (Å²) in [5.74, 6) is -0.415. The number of nitrogens with zero attached hydrogens (tertiary/aromatic N) is 1. The molecule has 0 heterocycles. The molecule has 0 aromatic heterocycles. The smallest absolute Gasteiger partial charge is 0.264 e. The quantitative estimate of drug-likeness (QED) is 0.519. The highest BCUT2D eigenvalue weighted by Gasteiger charge is 2.27. The van der Waals surface area contributed by atoms with Gasteiger partial charge < -0.3 is 5.32 Å². The van der Waals surface area contributed by atoms with E-state index >= 15 is 0 Å². The van der Waals surface area contributed by atoms with Crippen molar-refractivity contribution in [2.45, 2.75) is 25.7 Å². The lowest BCUT2D eigenvalue weighted by atomic mass is 10.1. The molecule has 0 saturated heterocycles. The first-order valence-electron chi connectivity index (χ1n) is 9.39. The Morgan fingerprint density at radius 1 is 0.900 bits per heavy atom. The minimum atomic E-state index is -3.93. The number of amides is 1. The minimum absolute atomic E-state index is 0.135. The predicted molar refractivity (Wildman–Crippen MR) is 124 cm³/mol. The number of rotatable bonds is 6. The van der Waals surface area contributed by atoms with Gasteiger partial charge >= 0.3 is 0 Å². The van der Waals surface area contributed by atoms with Crippen molar-refractivity contribution in [1.29, 1.82) is 0 Å². The van der Waals surface area contributed by atoms with Crippen LogP contribution >= 0.6 is 15.9 Å². The van der Waals surface area contributed by atoms with E-state index in [-0.39, 0.29) is 11.4 Å². The Balaban J connectivity index is 1.95. The Morgan fingerprint density at radius 3 is 2.13 bits per heavy atom. The SMILES string of the molecule is Cc1ccc(S(=O)(=O)N(CC(=O)Nc2cc(C)ccc2C)c2ccc(Br)cc2)cc1. The van der Waals surface area contributed by atoms with Crippen LogP contribution in [0.25, 0.3) is 0 Å². The third-order valence-corrected chi connectivity index (χ3v) is 6.99. The molecular formula is C23H23BrN2O3S. The third kappa shape index (κ3) is 5.09. The molecule has 1 N–H and O–H groups in total. The number of aryl methyl sites for hydroxylation is 3. The average Bonchev–Trinajstić information content (AvgIpc) is 2.70. The van der Waals surface area contributed by atoms with Crippen LogP contribution in [0.2, 0.25) is 0 Å². The van der Waals surface area contributed by atoms with E-state index in [4.69, 9.17) is 0 Å². The van der Waals surface area contributed by atoms with E-state index in [1.165, 1.54) is 0 Å². The van der Waals surface area contributed by atoms with E-state index in [0.29, 0.717) is 11.4 Å². The molecular weight excluding hydrogens is 464 g/mol. The molecule has 0 aliphatic heterocycles. The summed E-state index contributed by atoms with van der Waals surface area (Å²) in [5.41, 5.74) is 3.95. The van der Waals surface area contributed by atoms with Crippen molar-refractivity contribution in [3.63, 3.8) is 0 Å². The number of anilines is 2. The molecule has 0 aliphatic rings. The second-order valence-electron chi connectivity index (χ2n) is 7.17. The van der Waals surface area contributed by atoms with Gasteiger partial charge in [-0.25, -0.2) is 8.42 Å². The normalized spacial score (nSPS) is 11.2. The largest absolute Gasteiger partial charge is 0.324 e. The number of hydrogen-bond donors (Lipinski definition) is 1. The van der Waals surface area contributed by atoms with Gasteiger partial charge in [0, 0.05) is 10.2 Å². The van der Waals surface area contributed by atoms with Crippen LogP contribution < -0.4 is 9.62 Å². The van der Waals surface area contributed by atoms with Gasteiger partial charge in [0.15, 0.2) is 0 Å². The molecule has 3 aromatic carbocycles. The van der Waals surface area contributed by atoms with Crippen LogP contribution in [0.5, 0.6) is 0 Å². The number of carbonyl (C=O) groups excluding carboxylic acids is 1. The first kappa shape index (κ1) is 22.1. The van der Waals surface area contributed by atoms with Crippen LogP contribution in [0.1, 0.15) is 16.7 Å². The Bertz CT molecular complexity index is 1160. The standard InChI is InChI=1S/C23H23BrN2O3S/c1-16-5-12-21(13-6-16)30(28,29)26(20-10-8-19(24)9-11-20)15-23(27)25-22-14-17(2)4-7-18(22)3/h4-14H,15H2,1-3H3,(H,25,27). The molecule has 0 atom stereocenters. The fourth-order valence-electron chi connectivity index (χ4n) is 2.95. The Morgan fingerprint density at radius 2 is 1.50 bits per heavy atom. The van der Waals surface area contributed by atoms with Gasteiger partial charge in [0.1, 0.15) is 6.54 Å². The van der Waals surface area contributed by atoms with Crippen LogP contribution in [-0.2, 0) is 14.8 Å². The molecule has 7 heteroatoms. The fraction of sp³-hybridized carbons (Fsp3) is 0.174. The molecule has 5 nitrogen and oxygen atoms in total. The summed E-state index contributed by atoms with van der Waals surface area (Å²) in [6.07, 6.45) is 0. The molecule has 0 fully saturated rings. The maximum absolute atomic E-state index is 13.4. The molecule has 0 radical (unpaired) electrons. The Labute approximate surface area is 185 Å². The van der Waals surface area contributed by atoms with Crippen molar-refractivity contribution in [3.05, 3.63) is 87.9 Å². The molecule has 3 aromatic rings. The first-order valence-corrected chi connectivity index (χ1v) is 11.6. The number of nitrogens with one attached hydrogen (secondary N) is 1. The van der Waals surface area contributed by atoms with Gasteiger partial charge in [-0.2, -0.15) is 0 Å². The van der Waals surface area contributed by atoms with Crippen LogP contribution in [0.4, 0.5) is 11.4 Å². The van der Waals surface area contributed by atoms with E-state index in [9.17, 15) is 13.2 Å². The zero-order chi connectivity index (χ0) is 21.9. The highest BCUT2D eigenvalue weighted by molar-refractivity contribution is 9.10. The van der Waals surface area contributed by atoms with Gasteiger partial charge in [-0.15, -0.1) is 0 Å². The zero-order valence-corrected chi connectivity index (χ0v) is 19.4. The number of benzene rings is 3. The maximum atomic E-state index is 13.4. The summed E-state index contributed by atoms with van der Waals surface area (Å²) in [4.78, 5) is 13.0. The molecule has 1 amide bonds. The van der Waals surface area contributed by atoms with E-state index in [1.807, 2.05) is 39.0 Å². The molecule has 156 valence electrons. The van der Waals surface area contributed by atoms with Crippen molar-refractivity contribution in [2.75, 3.05) is 16.2 Å². The predicted octanol–water partition coefficient (Wildman–Crippen LogP) is 5.21. The molecule has 0 aliphatic carbocycles. The molecule has 0 unspecified atom stereocenters. The lowest BCUT2D eigenvalue weighted by Gasteiger charge is -2.24. The van der Waals surface area contributed by atoms with Crippen molar-refractivity contribution >= 4 is 43.2 Å². The minimum Gasteiger partial charge on any atom is -0.324 e. The van der Waals surface area contributed by atoms with Crippen molar-refractivity contribution in [2.24, 2.45) is 0 Å². The van der Waals surface area contributed by atoms with Gasteiger partial charge in [-0.1, -0.05) is 45.8 Å². The molecule has 3 rings (SSSR count). The zero-order valence-electron chi connectivity index (χ0n) is 17.0. The number of carbonyl (C=O) groups is 1. The number of hydrogen-bond acceptors (Lipinski definition) is 3. The van der Waals surface area contributed by atoms with Crippen molar-refractivity contribution < 1.29 is 13.2 Å². The van der Waals surface area contributed by atoms with Crippen LogP contribution in [-0.4, -0.2) is 20.9 Å². The second kappa shape index (κ2) is 9.02. The molecule has 0 spiro atoms. The van der Waals surface area contributed by atoms with E-state index < -0.39 is 15.9 Å². The van der Waals surface area contributed by atoms with Crippen LogP contribution in [0.15, 0.2) is 76.1 Å². The first-order chi connectivity index (χ1) is 14.2. The van der Waals surface area contributed by atoms with Gasteiger partial charge in [0.05, 0.1) is 10.6 Å². The monoisotopic (exact) mass is 486 g/mol. The second-order valence-corrected chi connectivity index (χ2v) is 9.95. The van der Waals surface area contributed by atoms with Gasteiger partial charge in [-0.05, 0) is 74.4 Å². The summed E-state index contributed by atoms with van der Waals surface area (Å²) < 4.78 is 28.7. The lowest BCUT2D eigenvalue weighted by molar-refractivity contribution is -0.114. The third-order valence-electron chi connectivity index (χ3n) is 4.68. The highest BCUT2D eigenvalue weighted by Crippen LogP contribution is 2.26. The lowest BCUT2D eigenvalue weighted by Crippen LogP contribution is -2.38. The Hall–Kier alpha value is -2.64. The van der Waals surface area contributed by atoms with Gasteiger partial charge in [-0.3, -0.25) is 9.10 Å². The van der Waals surface area contributed by atoms with Crippen LogP contribution in [0.3, 0.4) is 0 Å². The van der Waals surface area contributed by atoms with Crippen molar-refractivity contribution in [3.8, 4) is 0 Å². The summed E-state index contributed by atoms with van der Waals surface area (Å²) in [6.45, 7) is 5.38. The topological polar surface area (TPSA) is 66.5 Å². The Kier molecular flexibility index (Phi) is 6.63. The summed E-state index contributed by atoms with van der Waals surface area (Å²) in [6, 6.07) is 19.2. The van der Waals surface area contributed by atoms with Crippen molar-refractivity contribution in [1.82, 2.24) is 0 Å². The van der Waals surface area contributed by atoms with Gasteiger partial charge in [0.2, 0.25) is 5.91 Å². The number of sulfonamides is 1. The average molecular weight is 487 g/mol. The highest BCUT2D eigenvalue weighted by atomic mass is 79.9. The maximum Gasteiger partial charge on any atom is 0.264 e. The van der Waals surface area contributed by atoms with Crippen LogP contribution in [0, 0.1) is 20.8 Å². The summed E-state index contributed by atoms with van der Waals surface area (Å²) in [5, 5.41) is 2.84. The van der Waals surface area contributed by atoms with Gasteiger partial charge in [0.25, 0.3) is 10.0 Å². The number of halogens is 1. The molecule has 0 saturated carbocycles. The summed E-state index contributed by atoms with van der Waals surface area (Å²) in [7, 11) is -3.93.